The minimum absolute atomic E-state index is 0.361. The van der Waals surface area contributed by atoms with Crippen LogP contribution in [0.15, 0.2) is 4.99 Å². The number of carbonyl (C=O) groups is 3. The predicted octanol–water partition coefficient (Wildman–Crippen LogP) is -0.297. The maximum atomic E-state index is 12.8. The van der Waals surface area contributed by atoms with E-state index in [1.807, 2.05) is 0 Å². The van der Waals surface area contributed by atoms with Crippen molar-refractivity contribution >= 4 is 34.8 Å². The molecule has 27 heavy (non-hydrogen) atoms. The van der Waals surface area contributed by atoms with Crippen molar-refractivity contribution in [2.24, 2.45) is 4.99 Å². The van der Waals surface area contributed by atoms with E-state index in [2.05, 4.69) is 22.1 Å². The zero-order valence-electron chi connectivity index (χ0n) is 16.2. The lowest BCUT2D eigenvalue weighted by molar-refractivity contribution is -0.153. The molecule has 150 valence electrons. The topological polar surface area (TPSA) is 106 Å². The van der Waals surface area contributed by atoms with Gasteiger partial charge in [-0.25, -0.2) is 4.79 Å². The van der Waals surface area contributed by atoms with Gasteiger partial charge in [-0.05, 0) is 20.8 Å². The number of hydrogen-bond acceptors (Lipinski definition) is 7. The third kappa shape index (κ3) is 3.91. The fourth-order valence-electron chi connectivity index (χ4n) is 3.41. The average molecular weight is 398 g/mol. The normalized spacial score (nSPS) is 27.5. The van der Waals surface area contributed by atoms with Crippen LogP contribution in [0, 0.1) is 0 Å². The van der Waals surface area contributed by atoms with Crippen molar-refractivity contribution in [1.29, 1.82) is 0 Å². The van der Waals surface area contributed by atoms with Gasteiger partial charge in [-0.2, -0.15) is 0 Å². The SMILES string of the molecule is CC1CN=C(N2CCN(C(=O)C(C)(O)CN3C(=O)NC(C)(C)C3=O)CC2)S1. The highest BCUT2D eigenvalue weighted by atomic mass is 32.2. The summed E-state index contributed by atoms with van der Waals surface area (Å²) >= 11 is 1.74. The molecule has 0 aromatic rings. The Hall–Kier alpha value is -1.81. The third-order valence-electron chi connectivity index (χ3n) is 5.00. The first-order valence-corrected chi connectivity index (χ1v) is 10.0. The summed E-state index contributed by atoms with van der Waals surface area (Å²) in [7, 11) is 0. The third-order valence-corrected chi connectivity index (χ3v) is 6.15. The van der Waals surface area contributed by atoms with E-state index in [-0.39, 0.29) is 6.54 Å². The Morgan fingerprint density at radius 2 is 1.96 bits per heavy atom. The standard InChI is InChI=1S/C17H27N5O4S/c1-11-9-18-15(27-11)21-7-5-20(6-8-21)13(24)17(4,26)10-22-12(23)16(2,3)19-14(22)25/h11,26H,5-10H2,1-4H3,(H,19,25). The summed E-state index contributed by atoms with van der Waals surface area (Å²) in [5, 5.41) is 14.8. The largest absolute Gasteiger partial charge is 0.378 e. The Bertz CT molecular complexity index is 685. The molecule has 0 bridgehead atoms. The van der Waals surface area contributed by atoms with Gasteiger partial charge in [-0.3, -0.25) is 19.5 Å². The van der Waals surface area contributed by atoms with E-state index < -0.39 is 29.0 Å². The Labute approximate surface area is 163 Å². The molecule has 9 nitrogen and oxygen atoms in total. The monoisotopic (exact) mass is 397 g/mol. The highest BCUT2D eigenvalue weighted by molar-refractivity contribution is 8.14. The van der Waals surface area contributed by atoms with Crippen molar-refractivity contribution in [3.8, 4) is 0 Å². The van der Waals surface area contributed by atoms with Crippen LogP contribution in [-0.4, -0.2) is 98.5 Å². The number of carbonyl (C=O) groups excluding carboxylic acids is 3. The van der Waals surface area contributed by atoms with Crippen molar-refractivity contribution in [2.45, 2.75) is 44.1 Å². The number of nitrogens with one attached hydrogen (secondary N) is 1. The van der Waals surface area contributed by atoms with Crippen molar-refractivity contribution in [3.05, 3.63) is 0 Å². The van der Waals surface area contributed by atoms with Gasteiger partial charge in [-0.15, -0.1) is 0 Å². The molecule has 3 aliphatic heterocycles. The van der Waals surface area contributed by atoms with Crippen LogP contribution in [-0.2, 0) is 9.59 Å². The molecule has 2 atom stereocenters. The van der Waals surface area contributed by atoms with Gasteiger partial charge in [0.15, 0.2) is 10.8 Å². The number of hydrogen-bond donors (Lipinski definition) is 2. The molecular formula is C17H27N5O4S. The van der Waals surface area contributed by atoms with Gasteiger partial charge >= 0.3 is 6.03 Å². The number of amides is 4. The molecule has 0 aromatic heterocycles. The highest BCUT2D eigenvalue weighted by Gasteiger charge is 2.48. The van der Waals surface area contributed by atoms with E-state index >= 15 is 0 Å². The predicted molar refractivity (Wildman–Crippen MR) is 102 cm³/mol. The first kappa shape index (κ1) is 19.9. The number of β-amino-alcohol motifs (C(OH)–C–C–N with tert-alkyl or cyclic N) is 1. The lowest BCUT2D eigenvalue weighted by Gasteiger charge is -2.39. The fraction of sp³-hybridized carbons (Fsp3) is 0.765. The minimum Gasteiger partial charge on any atom is -0.378 e. The number of rotatable bonds is 3. The van der Waals surface area contributed by atoms with Crippen LogP contribution in [0.4, 0.5) is 4.79 Å². The first-order chi connectivity index (χ1) is 12.5. The van der Waals surface area contributed by atoms with Gasteiger partial charge in [-0.1, -0.05) is 18.7 Å². The molecule has 2 saturated heterocycles. The summed E-state index contributed by atoms with van der Waals surface area (Å²) in [5.74, 6) is -0.919. The van der Waals surface area contributed by atoms with Crippen LogP contribution in [0.1, 0.15) is 27.7 Å². The van der Waals surface area contributed by atoms with Crippen molar-refractivity contribution in [1.82, 2.24) is 20.0 Å². The molecule has 0 aliphatic carbocycles. The quantitative estimate of drug-likeness (QED) is 0.634. The van der Waals surface area contributed by atoms with Crippen LogP contribution >= 0.6 is 11.8 Å². The van der Waals surface area contributed by atoms with E-state index in [4.69, 9.17) is 0 Å². The second kappa shape index (κ2) is 6.97. The van der Waals surface area contributed by atoms with E-state index in [0.29, 0.717) is 31.4 Å². The maximum Gasteiger partial charge on any atom is 0.325 e. The molecule has 10 heteroatoms. The molecule has 2 fully saturated rings. The number of nitrogens with zero attached hydrogens (tertiary/aromatic N) is 4. The Morgan fingerprint density at radius 3 is 2.44 bits per heavy atom. The number of aliphatic hydroxyl groups is 1. The van der Waals surface area contributed by atoms with Crippen LogP contribution in [0.25, 0.3) is 0 Å². The van der Waals surface area contributed by atoms with E-state index in [1.165, 1.54) is 6.92 Å². The molecule has 4 amide bonds. The van der Waals surface area contributed by atoms with Gasteiger partial charge in [0.1, 0.15) is 5.54 Å². The summed E-state index contributed by atoms with van der Waals surface area (Å²) in [5.41, 5.74) is -2.86. The van der Waals surface area contributed by atoms with Crippen LogP contribution in [0.5, 0.6) is 0 Å². The van der Waals surface area contributed by atoms with Crippen molar-refractivity contribution < 1.29 is 19.5 Å². The molecule has 0 spiro atoms. The molecule has 0 saturated carbocycles. The first-order valence-electron chi connectivity index (χ1n) is 9.13. The zero-order valence-corrected chi connectivity index (χ0v) is 17.0. The lowest BCUT2D eigenvalue weighted by Crippen LogP contribution is -2.59. The van der Waals surface area contributed by atoms with Gasteiger partial charge in [0.2, 0.25) is 0 Å². The summed E-state index contributed by atoms with van der Waals surface area (Å²) in [6, 6.07) is -0.590. The molecule has 3 heterocycles. The fourth-order valence-corrected chi connectivity index (χ4v) is 4.40. The van der Waals surface area contributed by atoms with Gasteiger partial charge in [0.05, 0.1) is 13.1 Å². The second-order valence-electron chi connectivity index (χ2n) is 8.05. The Kier molecular flexibility index (Phi) is 5.15. The molecule has 3 rings (SSSR count). The summed E-state index contributed by atoms with van der Waals surface area (Å²) in [6.45, 7) is 9.36. The molecule has 2 unspecified atom stereocenters. The van der Waals surface area contributed by atoms with Crippen LogP contribution < -0.4 is 5.32 Å². The summed E-state index contributed by atoms with van der Waals surface area (Å²) in [6.07, 6.45) is 0. The van der Waals surface area contributed by atoms with Crippen molar-refractivity contribution in [3.63, 3.8) is 0 Å². The molecular weight excluding hydrogens is 370 g/mol. The van der Waals surface area contributed by atoms with E-state index in [0.717, 1.165) is 16.6 Å². The van der Waals surface area contributed by atoms with Crippen LogP contribution in [0.3, 0.4) is 0 Å². The minimum atomic E-state index is -1.83. The zero-order chi connectivity index (χ0) is 20.0. The number of amidine groups is 1. The average Bonchev–Trinajstić information content (AvgIpc) is 3.11. The van der Waals surface area contributed by atoms with Crippen LogP contribution in [0.2, 0.25) is 0 Å². The molecule has 0 aromatic carbocycles. The summed E-state index contributed by atoms with van der Waals surface area (Å²) < 4.78 is 0. The van der Waals surface area contributed by atoms with Gasteiger partial charge < -0.3 is 20.2 Å². The Balaban J connectivity index is 1.59. The maximum absolute atomic E-state index is 12.8. The number of aliphatic imine (C=N–C) groups is 1. The number of urea groups is 1. The highest BCUT2D eigenvalue weighted by Crippen LogP contribution is 2.25. The summed E-state index contributed by atoms with van der Waals surface area (Å²) in [4.78, 5) is 46.3. The second-order valence-corrected chi connectivity index (χ2v) is 9.46. The van der Waals surface area contributed by atoms with E-state index in [1.54, 1.807) is 30.5 Å². The van der Waals surface area contributed by atoms with Gasteiger partial charge in [0, 0.05) is 31.4 Å². The number of piperazine rings is 1. The van der Waals surface area contributed by atoms with Gasteiger partial charge in [0.25, 0.3) is 11.8 Å². The molecule has 3 aliphatic rings. The van der Waals surface area contributed by atoms with E-state index in [9.17, 15) is 19.5 Å². The molecule has 0 radical (unpaired) electrons. The smallest absolute Gasteiger partial charge is 0.325 e. The number of imide groups is 1. The number of thioether (sulfide) groups is 1. The Morgan fingerprint density at radius 1 is 1.33 bits per heavy atom. The lowest BCUT2D eigenvalue weighted by atomic mass is 10.0. The molecule has 2 N–H and O–H groups in total. The van der Waals surface area contributed by atoms with Crippen molar-refractivity contribution in [2.75, 3.05) is 39.3 Å².